The molecule has 0 atom stereocenters. The van der Waals surface area contributed by atoms with Crippen LogP contribution in [0, 0.1) is 0 Å². The van der Waals surface area contributed by atoms with Crippen LogP contribution in [0.3, 0.4) is 0 Å². The Labute approximate surface area is 186 Å². The summed E-state index contributed by atoms with van der Waals surface area (Å²) in [6.07, 6.45) is 27.1. The summed E-state index contributed by atoms with van der Waals surface area (Å²) in [6, 6.07) is 0. The van der Waals surface area contributed by atoms with Gasteiger partial charge in [0, 0.05) is 12.8 Å². The van der Waals surface area contributed by atoms with Gasteiger partial charge in [-0.1, -0.05) is 103 Å². The molecule has 2 N–H and O–H groups in total. The third-order valence-corrected chi connectivity index (χ3v) is 5.15. The van der Waals surface area contributed by atoms with E-state index in [0.29, 0.717) is 12.8 Å². The summed E-state index contributed by atoms with van der Waals surface area (Å²) in [6.45, 7) is 4.41. The molecule has 0 spiro atoms. The van der Waals surface area contributed by atoms with Crippen molar-refractivity contribution in [2.75, 3.05) is 0 Å². The minimum absolute atomic E-state index is 0.332. The highest BCUT2D eigenvalue weighted by molar-refractivity contribution is 5.66. The highest BCUT2D eigenvalue weighted by Crippen LogP contribution is 2.10. The largest absolute Gasteiger partial charge is 0.481 e. The maximum Gasteiger partial charge on any atom is 0.303 e. The van der Waals surface area contributed by atoms with Gasteiger partial charge in [0.2, 0.25) is 0 Å². The monoisotopic (exact) mass is 426 g/mol. The SMILES string of the molecule is CCCCCCCC(=O)O.CCCCCCCC/C=C/CCCCCCCC(=O)O. The molecule has 0 aromatic rings. The average molecular weight is 427 g/mol. The van der Waals surface area contributed by atoms with E-state index < -0.39 is 11.9 Å². The number of carboxylic acid groups (broad SMARTS) is 2. The topological polar surface area (TPSA) is 74.6 Å². The van der Waals surface area contributed by atoms with E-state index in [0.717, 1.165) is 25.7 Å². The number of aliphatic carboxylic acids is 2. The molecule has 30 heavy (non-hydrogen) atoms. The molecule has 0 aliphatic heterocycles. The Balaban J connectivity index is 0. The fraction of sp³-hybridized carbons (Fsp3) is 0.846. The first kappa shape index (κ1) is 30.9. The Kier molecular flexibility index (Phi) is 28.5. The van der Waals surface area contributed by atoms with Gasteiger partial charge in [0.1, 0.15) is 0 Å². The van der Waals surface area contributed by atoms with Crippen LogP contribution < -0.4 is 0 Å². The van der Waals surface area contributed by atoms with Crippen molar-refractivity contribution in [3.05, 3.63) is 12.2 Å². The predicted molar refractivity (Wildman–Crippen MR) is 128 cm³/mol. The van der Waals surface area contributed by atoms with Crippen LogP contribution in [-0.2, 0) is 9.59 Å². The molecule has 0 aromatic carbocycles. The molecule has 0 heterocycles. The minimum atomic E-state index is -0.670. The molecular weight excluding hydrogens is 376 g/mol. The molecule has 0 unspecified atom stereocenters. The molecule has 0 saturated carbocycles. The zero-order chi connectivity index (χ0) is 22.7. The van der Waals surface area contributed by atoms with E-state index in [2.05, 4.69) is 26.0 Å². The number of rotatable bonds is 21. The second kappa shape index (κ2) is 27.7. The van der Waals surface area contributed by atoms with Crippen LogP contribution in [0.4, 0.5) is 0 Å². The summed E-state index contributed by atoms with van der Waals surface area (Å²) < 4.78 is 0. The van der Waals surface area contributed by atoms with Gasteiger partial charge in [-0.15, -0.1) is 0 Å². The van der Waals surface area contributed by atoms with Crippen molar-refractivity contribution >= 4 is 11.9 Å². The van der Waals surface area contributed by atoms with Gasteiger partial charge in [0.15, 0.2) is 0 Å². The molecule has 0 amide bonds. The number of hydrogen-bond acceptors (Lipinski definition) is 2. The summed E-state index contributed by atoms with van der Waals surface area (Å²) in [5, 5.41) is 16.8. The molecule has 0 bridgehead atoms. The first-order valence-electron chi connectivity index (χ1n) is 12.6. The highest BCUT2D eigenvalue weighted by Gasteiger charge is 1.96. The zero-order valence-electron chi connectivity index (χ0n) is 20.0. The molecule has 4 nitrogen and oxygen atoms in total. The Morgan fingerprint density at radius 3 is 1.13 bits per heavy atom. The molecule has 0 aliphatic carbocycles. The van der Waals surface area contributed by atoms with Gasteiger partial charge in [-0.2, -0.15) is 0 Å². The smallest absolute Gasteiger partial charge is 0.303 e. The number of carbonyl (C=O) groups is 2. The minimum Gasteiger partial charge on any atom is -0.481 e. The molecule has 0 rings (SSSR count). The summed E-state index contributed by atoms with van der Waals surface area (Å²) >= 11 is 0. The maximum absolute atomic E-state index is 10.3. The Bertz CT molecular complexity index is 390. The second-order valence-electron chi connectivity index (χ2n) is 8.29. The van der Waals surface area contributed by atoms with Crippen LogP contribution in [0.5, 0.6) is 0 Å². The molecule has 0 fully saturated rings. The van der Waals surface area contributed by atoms with Crippen molar-refractivity contribution in [2.24, 2.45) is 0 Å². The van der Waals surface area contributed by atoms with E-state index in [1.54, 1.807) is 0 Å². The summed E-state index contributed by atoms with van der Waals surface area (Å²) in [7, 11) is 0. The lowest BCUT2D eigenvalue weighted by atomic mass is 10.1. The lowest BCUT2D eigenvalue weighted by molar-refractivity contribution is -0.138. The van der Waals surface area contributed by atoms with Crippen LogP contribution in [0.15, 0.2) is 12.2 Å². The zero-order valence-corrected chi connectivity index (χ0v) is 20.0. The fourth-order valence-electron chi connectivity index (χ4n) is 3.23. The molecule has 0 aromatic heterocycles. The molecule has 178 valence electrons. The first-order chi connectivity index (χ1) is 14.5. The van der Waals surface area contributed by atoms with E-state index in [1.807, 2.05) is 0 Å². The Morgan fingerprint density at radius 1 is 0.500 bits per heavy atom. The standard InChI is InChI=1S/C18H34O2.C8H16O2/c1-2-3-4-5-6-7-8-9-10-11-12-13-14-15-16-17-18(19)20;1-2-3-4-5-6-7-8(9)10/h9-10H,2-8,11-17H2,1H3,(H,19,20);2-7H2,1H3,(H,9,10)/b10-9+;. The highest BCUT2D eigenvalue weighted by atomic mass is 16.4. The van der Waals surface area contributed by atoms with Crippen LogP contribution in [0.25, 0.3) is 0 Å². The first-order valence-corrected chi connectivity index (χ1v) is 12.6. The van der Waals surface area contributed by atoms with Crippen LogP contribution in [-0.4, -0.2) is 22.2 Å². The van der Waals surface area contributed by atoms with Crippen molar-refractivity contribution in [1.29, 1.82) is 0 Å². The number of hydrogen-bond donors (Lipinski definition) is 2. The van der Waals surface area contributed by atoms with Crippen LogP contribution in [0.1, 0.15) is 142 Å². The van der Waals surface area contributed by atoms with Crippen molar-refractivity contribution in [2.45, 2.75) is 142 Å². The Hall–Kier alpha value is -1.32. The second-order valence-corrected chi connectivity index (χ2v) is 8.29. The molecule has 4 heteroatoms. The Morgan fingerprint density at radius 2 is 0.800 bits per heavy atom. The third kappa shape index (κ3) is 34.2. The lowest BCUT2D eigenvalue weighted by Gasteiger charge is -1.99. The number of allylic oxidation sites excluding steroid dienone is 2. The molecule has 0 saturated heterocycles. The van der Waals surface area contributed by atoms with E-state index >= 15 is 0 Å². The van der Waals surface area contributed by atoms with E-state index in [4.69, 9.17) is 10.2 Å². The third-order valence-electron chi connectivity index (χ3n) is 5.15. The van der Waals surface area contributed by atoms with Crippen molar-refractivity contribution in [3.63, 3.8) is 0 Å². The quantitative estimate of drug-likeness (QED) is 0.142. The maximum atomic E-state index is 10.3. The van der Waals surface area contributed by atoms with Crippen molar-refractivity contribution in [3.8, 4) is 0 Å². The van der Waals surface area contributed by atoms with E-state index in [9.17, 15) is 9.59 Å². The molecule has 0 aliphatic rings. The van der Waals surface area contributed by atoms with Gasteiger partial charge >= 0.3 is 11.9 Å². The summed E-state index contributed by atoms with van der Waals surface area (Å²) in [4.78, 5) is 20.4. The van der Waals surface area contributed by atoms with Gasteiger partial charge < -0.3 is 10.2 Å². The number of carboxylic acids is 2. The molecular formula is C26H50O4. The lowest BCUT2D eigenvalue weighted by Crippen LogP contribution is -1.93. The normalized spacial score (nSPS) is 10.7. The summed E-state index contributed by atoms with van der Waals surface area (Å²) in [5.74, 6) is -1.33. The summed E-state index contributed by atoms with van der Waals surface area (Å²) in [5.41, 5.74) is 0. The predicted octanol–water partition coefficient (Wildman–Crippen LogP) is 8.54. The van der Waals surface area contributed by atoms with Gasteiger partial charge in [-0.05, 0) is 38.5 Å². The number of unbranched alkanes of at least 4 members (excludes halogenated alkanes) is 15. The van der Waals surface area contributed by atoms with Gasteiger partial charge in [-0.3, -0.25) is 9.59 Å². The van der Waals surface area contributed by atoms with Crippen LogP contribution in [0.2, 0.25) is 0 Å². The average Bonchev–Trinajstić information content (AvgIpc) is 2.71. The van der Waals surface area contributed by atoms with Crippen molar-refractivity contribution < 1.29 is 19.8 Å². The van der Waals surface area contributed by atoms with Gasteiger partial charge in [0.25, 0.3) is 0 Å². The molecule has 0 radical (unpaired) electrons. The van der Waals surface area contributed by atoms with Crippen LogP contribution >= 0.6 is 0 Å². The van der Waals surface area contributed by atoms with E-state index in [1.165, 1.54) is 89.9 Å². The fourth-order valence-corrected chi connectivity index (χ4v) is 3.23. The van der Waals surface area contributed by atoms with Crippen molar-refractivity contribution in [1.82, 2.24) is 0 Å². The van der Waals surface area contributed by atoms with Gasteiger partial charge in [-0.25, -0.2) is 0 Å². The van der Waals surface area contributed by atoms with Gasteiger partial charge in [0.05, 0.1) is 0 Å². The van der Waals surface area contributed by atoms with E-state index in [-0.39, 0.29) is 0 Å².